The van der Waals surface area contributed by atoms with E-state index in [9.17, 15) is 4.39 Å². The van der Waals surface area contributed by atoms with Crippen LogP contribution in [0.2, 0.25) is 0 Å². The third kappa shape index (κ3) is 2.40. The van der Waals surface area contributed by atoms with Gasteiger partial charge in [0.2, 0.25) is 0 Å². The highest BCUT2D eigenvalue weighted by Crippen LogP contribution is 2.31. The van der Waals surface area contributed by atoms with Crippen molar-refractivity contribution < 1.29 is 4.39 Å². The van der Waals surface area contributed by atoms with E-state index in [4.69, 9.17) is 11.1 Å². The highest BCUT2D eigenvalue weighted by molar-refractivity contribution is 8.01. The van der Waals surface area contributed by atoms with Crippen molar-refractivity contribution >= 4 is 28.9 Å². The Morgan fingerprint density at radius 3 is 2.94 bits per heavy atom. The molecule has 0 bridgehead atoms. The van der Waals surface area contributed by atoms with Crippen LogP contribution in [0.3, 0.4) is 0 Å². The van der Waals surface area contributed by atoms with Crippen molar-refractivity contribution in [1.29, 1.82) is 5.41 Å². The van der Waals surface area contributed by atoms with Crippen LogP contribution in [0.4, 0.5) is 4.39 Å². The first-order valence-electron chi connectivity index (χ1n) is 4.38. The van der Waals surface area contributed by atoms with Crippen LogP contribution in [0.15, 0.2) is 39.0 Å². The summed E-state index contributed by atoms with van der Waals surface area (Å²) >= 11 is 2.87. The zero-order chi connectivity index (χ0) is 11.5. The first kappa shape index (κ1) is 11.1. The van der Waals surface area contributed by atoms with E-state index in [0.29, 0.717) is 5.56 Å². The number of nitrogen functional groups attached to an aromatic ring is 1. The fourth-order valence-corrected chi connectivity index (χ4v) is 2.86. The second-order valence-corrected chi connectivity index (χ2v) is 5.14. The molecule has 0 aliphatic heterocycles. The lowest BCUT2D eigenvalue weighted by Gasteiger charge is -2.05. The van der Waals surface area contributed by atoms with Crippen molar-refractivity contribution in [1.82, 2.24) is 4.98 Å². The molecule has 0 saturated heterocycles. The number of nitrogens with zero attached hydrogens (tertiary/aromatic N) is 1. The lowest BCUT2D eigenvalue weighted by molar-refractivity contribution is 0.626. The predicted molar refractivity (Wildman–Crippen MR) is 63.7 cm³/mol. The predicted octanol–water partition coefficient (Wildman–Crippen LogP) is 2.72. The zero-order valence-electron chi connectivity index (χ0n) is 8.11. The molecule has 2 aromatic rings. The fraction of sp³-hybridized carbons (Fsp3) is 0. The topological polar surface area (TPSA) is 62.8 Å². The van der Waals surface area contributed by atoms with E-state index < -0.39 is 5.82 Å². The number of halogens is 1. The Morgan fingerprint density at radius 2 is 2.31 bits per heavy atom. The van der Waals surface area contributed by atoms with Crippen molar-refractivity contribution in [2.75, 3.05) is 0 Å². The summed E-state index contributed by atoms with van der Waals surface area (Å²) in [5, 5.41) is 9.24. The molecule has 16 heavy (non-hydrogen) atoms. The number of amidine groups is 1. The lowest BCUT2D eigenvalue weighted by atomic mass is 10.2. The maximum Gasteiger partial charge on any atom is 0.154 e. The van der Waals surface area contributed by atoms with Crippen LogP contribution in [0.1, 0.15) is 5.56 Å². The van der Waals surface area contributed by atoms with Crippen LogP contribution in [-0.4, -0.2) is 10.8 Å². The number of hydrogen-bond donors (Lipinski definition) is 2. The Kier molecular flexibility index (Phi) is 3.21. The molecule has 0 radical (unpaired) electrons. The number of benzene rings is 1. The molecule has 0 unspecified atom stereocenters. The lowest BCUT2D eigenvalue weighted by Crippen LogP contribution is -2.12. The summed E-state index contributed by atoms with van der Waals surface area (Å²) in [6.45, 7) is 0. The van der Waals surface area contributed by atoms with Gasteiger partial charge in [-0.05, 0) is 18.2 Å². The Balaban J connectivity index is 2.36. The van der Waals surface area contributed by atoms with Gasteiger partial charge in [-0.3, -0.25) is 5.41 Å². The molecule has 0 fully saturated rings. The average Bonchev–Trinajstić information content (AvgIpc) is 2.73. The molecule has 1 heterocycles. The number of nitrogens with two attached hydrogens (primary N) is 1. The normalized spacial score (nSPS) is 10.3. The van der Waals surface area contributed by atoms with E-state index in [1.54, 1.807) is 12.3 Å². The largest absolute Gasteiger partial charge is 0.384 e. The van der Waals surface area contributed by atoms with Crippen LogP contribution in [0.5, 0.6) is 0 Å². The molecular weight excluding hydrogens is 245 g/mol. The Morgan fingerprint density at radius 1 is 1.50 bits per heavy atom. The molecule has 82 valence electrons. The molecule has 3 N–H and O–H groups in total. The third-order valence-electron chi connectivity index (χ3n) is 1.84. The molecule has 1 aromatic carbocycles. The van der Waals surface area contributed by atoms with E-state index in [0.717, 1.165) is 9.24 Å². The van der Waals surface area contributed by atoms with Gasteiger partial charge in [0.1, 0.15) is 11.7 Å². The van der Waals surface area contributed by atoms with Gasteiger partial charge in [-0.2, -0.15) is 0 Å². The van der Waals surface area contributed by atoms with Gasteiger partial charge in [-0.15, -0.1) is 11.3 Å². The van der Waals surface area contributed by atoms with Gasteiger partial charge in [-0.1, -0.05) is 11.8 Å². The van der Waals surface area contributed by atoms with Crippen molar-refractivity contribution in [2.24, 2.45) is 5.73 Å². The second-order valence-electron chi connectivity index (χ2n) is 2.95. The molecule has 1 aromatic heterocycles. The van der Waals surface area contributed by atoms with E-state index in [-0.39, 0.29) is 5.84 Å². The molecule has 0 atom stereocenters. The van der Waals surface area contributed by atoms with Gasteiger partial charge in [0, 0.05) is 22.0 Å². The summed E-state index contributed by atoms with van der Waals surface area (Å²) in [5.74, 6) is -0.535. The first-order chi connectivity index (χ1) is 7.66. The Bertz CT molecular complexity index is 511. The average molecular weight is 253 g/mol. The highest BCUT2D eigenvalue weighted by atomic mass is 32.2. The van der Waals surface area contributed by atoms with Gasteiger partial charge in [0.15, 0.2) is 4.34 Å². The van der Waals surface area contributed by atoms with Gasteiger partial charge in [-0.25, -0.2) is 9.37 Å². The molecule has 0 aliphatic carbocycles. The maximum absolute atomic E-state index is 13.0. The minimum Gasteiger partial charge on any atom is -0.384 e. The van der Waals surface area contributed by atoms with Gasteiger partial charge in [0.05, 0.1) is 0 Å². The van der Waals surface area contributed by atoms with Crippen molar-refractivity contribution in [3.63, 3.8) is 0 Å². The summed E-state index contributed by atoms with van der Waals surface area (Å²) < 4.78 is 13.9. The molecule has 0 saturated carbocycles. The highest BCUT2D eigenvalue weighted by Gasteiger charge is 2.09. The molecule has 3 nitrogen and oxygen atoms in total. The van der Waals surface area contributed by atoms with Crippen molar-refractivity contribution in [3.05, 3.63) is 41.2 Å². The van der Waals surface area contributed by atoms with E-state index in [1.165, 1.54) is 35.2 Å². The van der Waals surface area contributed by atoms with E-state index in [2.05, 4.69) is 4.98 Å². The smallest absolute Gasteiger partial charge is 0.154 e. The molecule has 6 heteroatoms. The summed E-state index contributed by atoms with van der Waals surface area (Å²) in [6.07, 6.45) is 1.70. The zero-order valence-corrected chi connectivity index (χ0v) is 9.74. The summed E-state index contributed by atoms with van der Waals surface area (Å²) in [5.41, 5.74) is 5.80. The minimum atomic E-state index is -0.395. The standard InChI is InChI=1S/C10H8FN3S2/c11-6-1-2-8(7(5-6)9(12)13)16-10-14-3-4-15-10/h1-5H,(H3,12,13). The third-order valence-corrected chi connectivity index (χ3v) is 3.80. The SMILES string of the molecule is N=C(N)c1cc(F)ccc1Sc1nccs1. The van der Waals surface area contributed by atoms with Gasteiger partial charge < -0.3 is 5.73 Å². The second kappa shape index (κ2) is 4.63. The molecule has 0 aliphatic rings. The molecule has 0 spiro atoms. The number of hydrogen-bond acceptors (Lipinski definition) is 4. The quantitative estimate of drug-likeness (QED) is 0.653. The van der Waals surface area contributed by atoms with Crippen LogP contribution >= 0.6 is 23.1 Å². The molecule has 2 rings (SSSR count). The maximum atomic E-state index is 13.0. The first-order valence-corrected chi connectivity index (χ1v) is 6.08. The van der Waals surface area contributed by atoms with Gasteiger partial charge >= 0.3 is 0 Å². The monoisotopic (exact) mass is 253 g/mol. The minimum absolute atomic E-state index is 0.140. The van der Waals surface area contributed by atoms with Crippen LogP contribution in [0, 0.1) is 11.2 Å². The molecular formula is C10H8FN3S2. The number of aromatic nitrogens is 1. The van der Waals surface area contributed by atoms with Gasteiger partial charge in [0.25, 0.3) is 0 Å². The summed E-state index contributed by atoms with van der Waals surface area (Å²) in [7, 11) is 0. The summed E-state index contributed by atoms with van der Waals surface area (Å²) in [6, 6.07) is 4.22. The van der Waals surface area contributed by atoms with Crippen molar-refractivity contribution in [2.45, 2.75) is 9.24 Å². The van der Waals surface area contributed by atoms with E-state index >= 15 is 0 Å². The molecule has 0 amide bonds. The van der Waals surface area contributed by atoms with Crippen LogP contribution < -0.4 is 5.73 Å². The number of thiazole rings is 1. The number of nitrogens with one attached hydrogen (secondary N) is 1. The van der Waals surface area contributed by atoms with Crippen LogP contribution in [0.25, 0.3) is 0 Å². The fourth-order valence-electron chi connectivity index (χ4n) is 1.16. The van der Waals surface area contributed by atoms with Crippen LogP contribution in [-0.2, 0) is 0 Å². The number of rotatable bonds is 3. The van der Waals surface area contributed by atoms with Crippen molar-refractivity contribution in [3.8, 4) is 0 Å². The summed E-state index contributed by atoms with van der Waals surface area (Å²) in [4.78, 5) is 4.85. The Labute approximate surface area is 100 Å². The van der Waals surface area contributed by atoms with E-state index in [1.807, 2.05) is 5.38 Å². The Hall–Kier alpha value is -1.40.